The zero-order chi connectivity index (χ0) is 17.7. The molecule has 0 aromatic heterocycles. The van der Waals surface area contributed by atoms with Crippen LogP contribution in [0.2, 0.25) is 0 Å². The van der Waals surface area contributed by atoms with Crippen LogP contribution in [0.25, 0.3) is 0 Å². The zero-order valence-electron chi connectivity index (χ0n) is 13.3. The smallest absolute Gasteiger partial charge is 0.422 e. The van der Waals surface area contributed by atoms with Gasteiger partial charge >= 0.3 is 12.2 Å². The van der Waals surface area contributed by atoms with Crippen molar-refractivity contribution in [3.63, 3.8) is 0 Å². The molecule has 3 N–H and O–H groups in total. The summed E-state index contributed by atoms with van der Waals surface area (Å²) in [6.07, 6.45) is -3.86. The van der Waals surface area contributed by atoms with E-state index in [1.54, 1.807) is 13.8 Å². The topological polar surface area (TPSA) is 70.6 Å². The molecule has 2 amide bonds. The first-order chi connectivity index (χ1) is 10.6. The second kappa shape index (κ2) is 7.54. The highest BCUT2D eigenvalue weighted by Crippen LogP contribution is 2.24. The average Bonchev–Trinajstić information content (AvgIpc) is 2.45. The van der Waals surface area contributed by atoms with E-state index in [0.29, 0.717) is 17.7 Å². The Morgan fingerprint density at radius 1 is 1.35 bits per heavy atom. The molecule has 23 heavy (non-hydrogen) atoms. The summed E-state index contributed by atoms with van der Waals surface area (Å²) < 4.78 is 41.1. The fourth-order valence-corrected chi connectivity index (χ4v) is 1.72. The van der Waals surface area contributed by atoms with Crippen LogP contribution in [0.15, 0.2) is 18.2 Å². The van der Waals surface area contributed by atoms with Crippen molar-refractivity contribution < 1.29 is 27.8 Å². The second-order valence-electron chi connectivity index (χ2n) is 5.54. The molecule has 0 saturated heterocycles. The summed E-state index contributed by atoms with van der Waals surface area (Å²) in [6.45, 7) is 3.53. The highest BCUT2D eigenvalue weighted by molar-refractivity contribution is 5.90. The molecule has 1 aromatic carbocycles. The molecule has 1 atom stereocenters. The molecule has 130 valence electrons. The summed E-state index contributed by atoms with van der Waals surface area (Å²) in [4.78, 5) is 11.9. The Bertz CT molecular complexity index is 543. The Labute approximate surface area is 132 Å². The summed E-state index contributed by atoms with van der Waals surface area (Å²) in [6, 6.07) is 3.81. The first-order valence-electron chi connectivity index (χ1n) is 7.09. The van der Waals surface area contributed by atoms with Crippen molar-refractivity contribution in [2.75, 3.05) is 18.5 Å². The van der Waals surface area contributed by atoms with Crippen LogP contribution >= 0.6 is 0 Å². The minimum Gasteiger partial charge on any atom is -0.484 e. The van der Waals surface area contributed by atoms with Gasteiger partial charge in [-0.3, -0.25) is 0 Å². The zero-order valence-corrected chi connectivity index (χ0v) is 13.3. The fraction of sp³-hybridized carbons (Fsp3) is 0.533. The predicted molar refractivity (Wildman–Crippen MR) is 80.7 cm³/mol. The molecule has 0 aliphatic rings. The van der Waals surface area contributed by atoms with E-state index >= 15 is 0 Å². The van der Waals surface area contributed by atoms with Crippen molar-refractivity contribution in [2.45, 2.75) is 38.9 Å². The lowest BCUT2D eigenvalue weighted by Gasteiger charge is -2.27. The number of aryl methyl sites for hydroxylation is 1. The number of halogens is 3. The molecule has 0 radical (unpaired) electrons. The van der Waals surface area contributed by atoms with Gasteiger partial charge in [-0.05, 0) is 44.0 Å². The summed E-state index contributed by atoms with van der Waals surface area (Å²) in [5.41, 5.74) is 0.137. The normalized spacial score (nSPS) is 14.0. The van der Waals surface area contributed by atoms with Crippen LogP contribution in [-0.4, -0.2) is 36.1 Å². The van der Waals surface area contributed by atoms with Gasteiger partial charge in [0.25, 0.3) is 0 Å². The number of benzene rings is 1. The summed E-state index contributed by atoms with van der Waals surface area (Å²) in [5.74, 6) is 0.0991. The molecular formula is C15H21F3N2O3. The molecule has 0 aliphatic heterocycles. The molecule has 8 heteroatoms. The summed E-state index contributed by atoms with van der Waals surface area (Å²) >= 11 is 0. The van der Waals surface area contributed by atoms with Gasteiger partial charge in [-0.15, -0.1) is 0 Å². The monoisotopic (exact) mass is 334 g/mol. The van der Waals surface area contributed by atoms with Crippen LogP contribution in [0, 0.1) is 6.92 Å². The Balaban J connectivity index is 2.69. The van der Waals surface area contributed by atoms with Gasteiger partial charge in [0, 0.05) is 5.69 Å². The number of ether oxygens (including phenoxy) is 1. The largest absolute Gasteiger partial charge is 0.484 e. The van der Waals surface area contributed by atoms with Gasteiger partial charge in [-0.25, -0.2) is 4.79 Å². The van der Waals surface area contributed by atoms with E-state index in [-0.39, 0.29) is 12.4 Å². The van der Waals surface area contributed by atoms with Crippen LogP contribution < -0.4 is 15.4 Å². The number of urea groups is 1. The number of hydrogen-bond donors (Lipinski definition) is 3. The minimum absolute atomic E-state index is 0.0991. The Hall–Kier alpha value is -1.96. The van der Waals surface area contributed by atoms with Gasteiger partial charge in [0.1, 0.15) is 5.75 Å². The third-order valence-corrected chi connectivity index (χ3v) is 3.37. The van der Waals surface area contributed by atoms with Crippen LogP contribution in [-0.2, 0) is 0 Å². The number of alkyl halides is 3. The van der Waals surface area contributed by atoms with Crippen molar-refractivity contribution in [1.29, 1.82) is 0 Å². The van der Waals surface area contributed by atoms with Crippen LogP contribution in [0.4, 0.5) is 23.7 Å². The molecule has 0 fully saturated rings. The number of aliphatic hydroxyl groups is 1. The molecule has 0 heterocycles. The quantitative estimate of drug-likeness (QED) is 0.748. The van der Waals surface area contributed by atoms with Crippen molar-refractivity contribution >= 4 is 11.7 Å². The van der Waals surface area contributed by atoms with E-state index in [0.717, 1.165) is 0 Å². The van der Waals surface area contributed by atoms with Gasteiger partial charge in [-0.2, -0.15) is 13.2 Å². The molecule has 0 bridgehead atoms. The summed E-state index contributed by atoms with van der Waals surface area (Å²) in [7, 11) is 0. The number of rotatable bonds is 6. The van der Waals surface area contributed by atoms with E-state index in [9.17, 15) is 23.1 Å². The molecule has 0 spiro atoms. The van der Waals surface area contributed by atoms with E-state index in [2.05, 4.69) is 10.6 Å². The van der Waals surface area contributed by atoms with Crippen LogP contribution in [0.5, 0.6) is 5.75 Å². The molecule has 1 rings (SSSR count). The van der Waals surface area contributed by atoms with Gasteiger partial charge in [0.05, 0.1) is 12.1 Å². The van der Waals surface area contributed by atoms with Gasteiger partial charge in [0.2, 0.25) is 0 Å². The first kappa shape index (κ1) is 19.1. The minimum atomic E-state index is -4.40. The molecular weight excluding hydrogens is 313 g/mol. The Morgan fingerprint density at radius 2 is 2.00 bits per heavy atom. The number of nitrogens with one attached hydrogen (secondary N) is 2. The standard InChI is InChI=1S/C15H21F3N2O3/c1-4-14(3,8-21)20-13(22)19-11-5-6-12(10(2)7-11)23-9-15(16,17)18/h5-7,21H,4,8-9H2,1-3H3,(H2,19,20,22). The maximum atomic E-state index is 12.1. The lowest BCUT2D eigenvalue weighted by Crippen LogP contribution is -2.50. The Morgan fingerprint density at radius 3 is 2.48 bits per heavy atom. The Kier molecular flexibility index (Phi) is 6.26. The highest BCUT2D eigenvalue weighted by atomic mass is 19.4. The van der Waals surface area contributed by atoms with Gasteiger partial charge < -0.3 is 20.5 Å². The molecule has 5 nitrogen and oxygen atoms in total. The highest BCUT2D eigenvalue weighted by Gasteiger charge is 2.28. The van der Waals surface area contributed by atoms with Gasteiger partial charge in [-0.1, -0.05) is 6.92 Å². The SMILES string of the molecule is CCC(C)(CO)NC(=O)Nc1ccc(OCC(F)(F)F)c(C)c1. The lowest BCUT2D eigenvalue weighted by molar-refractivity contribution is -0.153. The number of amides is 2. The van der Waals surface area contributed by atoms with Crippen LogP contribution in [0.1, 0.15) is 25.8 Å². The third-order valence-electron chi connectivity index (χ3n) is 3.37. The fourth-order valence-electron chi connectivity index (χ4n) is 1.72. The van der Waals surface area contributed by atoms with Crippen molar-refractivity contribution in [2.24, 2.45) is 0 Å². The maximum Gasteiger partial charge on any atom is 0.422 e. The van der Waals surface area contributed by atoms with E-state index < -0.39 is 24.4 Å². The number of carbonyl (C=O) groups is 1. The molecule has 0 aliphatic carbocycles. The number of hydrogen-bond acceptors (Lipinski definition) is 3. The van der Waals surface area contributed by atoms with Crippen molar-refractivity contribution in [3.05, 3.63) is 23.8 Å². The molecule has 1 unspecified atom stereocenters. The number of carbonyl (C=O) groups excluding carboxylic acids is 1. The molecule has 1 aromatic rings. The maximum absolute atomic E-state index is 12.1. The average molecular weight is 334 g/mol. The third kappa shape index (κ3) is 6.35. The first-order valence-corrected chi connectivity index (χ1v) is 7.09. The van der Waals surface area contributed by atoms with E-state index in [1.165, 1.54) is 18.2 Å². The van der Waals surface area contributed by atoms with E-state index in [4.69, 9.17) is 4.74 Å². The predicted octanol–water partition coefficient (Wildman–Crippen LogP) is 3.22. The number of aliphatic hydroxyl groups excluding tert-OH is 1. The van der Waals surface area contributed by atoms with Gasteiger partial charge in [0.15, 0.2) is 6.61 Å². The van der Waals surface area contributed by atoms with Crippen molar-refractivity contribution in [1.82, 2.24) is 5.32 Å². The van der Waals surface area contributed by atoms with E-state index in [1.807, 2.05) is 6.92 Å². The second-order valence-corrected chi connectivity index (χ2v) is 5.54. The molecule has 0 saturated carbocycles. The van der Waals surface area contributed by atoms with Crippen molar-refractivity contribution in [3.8, 4) is 5.75 Å². The van der Waals surface area contributed by atoms with Crippen LogP contribution in [0.3, 0.4) is 0 Å². The number of anilines is 1. The lowest BCUT2D eigenvalue weighted by atomic mass is 10.0. The summed E-state index contributed by atoms with van der Waals surface area (Å²) in [5, 5.41) is 14.5.